The first kappa shape index (κ1) is 17.5. The molecule has 6 heteroatoms. The van der Waals surface area contributed by atoms with Crippen molar-refractivity contribution in [3.63, 3.8) is 0 Å². The highest BCUT2D eigenvalue weighted by molar-refractivity contribution is 5.86. The number of hydrogen-bond acceptors (Lipinski definition) is 6. The van der Waals surface area contributed by atoms with Gasteiger partial charge in [-0.15, -0.1) is 10.2 Å². The Labute approximate surface area is 161 Å². The lowest BCUT2D eigenvalue weighted by Gasteiger charge is -2.04. The van der Waals surface area contributed by atoms with Crippen LogP contribution in [0.5, 0.6) is 11.5 Å². The monoisotopic (exact) mass is 371 g/mol. The third-order valence-electron chi connectivity index (χ3n) is 4.16. The number of hydrogen-bond donors (Lipinski definition) is 1. The van der Waals surface area contributed by atoms with Crippen molar-refractivity contribution < 1.29 is 14.3 Å². The normalized spacial score (nSPS) is 11.0. The standard InChI is InChI=1S/C22H17N3O3/c1-27-19-9-5-8-17(20(19)26)14-23-18-12-10-16(11-13-18)22-25-24-21(28-22)15-6-3-2-4-7-15/h2-14,26H,1H3. The summed E-state index contributed by atoms with van der Waals surface area (Å²) in [5.41, 5.74) is 2.99. The van der Waals surface area contributed by atoms with E-state index in [-0.39, 0.29) is 5.75 Å². The average molecular weight is 371 g/mol. The van der Waals surface area contributed by atoms with E-state index < -0.39 is 0 Å². The molecule has 0 unspecified atom stereocenters. The molecule has 0 amide bonds. The maximum atomic E-state index is 10.1. The fourth-order valence-electron chi connectivity index (χ4n) is 2.68. The maximum Gasteiger partial charge on any atom is 0.248 e. The summed E-state index contributed by atoms with van der Waals surface area (Å²) in [7, 11) is 1.51. The summed E-state index contributed by atoms with van der Waals surface area (Å²) < 4.78 is 10.9. The predicted molar refractivity (Wildman–Crippen MR) is 107 cm³/mol. The number of aromatic nitrogens is 2. The molecule has 0 radical (unpaired) electrons. The number of phenolic OH excluding ortho intramolecular Hbond substituents is 1. The fraction of sp³-hybridized carbons (Fsp3) is 0.0455. The van der Waals surface area contributed by atoms with Crippen LogP contribution in [0.1, 0.15) is 5.56 Å². The van der Waals surface area contributed by atoms with Crippen molar-refractivity contribution in [2.24, 2.45) is 4.99 Å². The quantitative estimate of drug-likeness (QED) is 0.506. The van der Waals surface area contributed by atoms with Gasteiger partial charge in [0.05, 0.1) is 12.8 Å². The summed E-state index contributed by atoms with van der Waals surface area (Å²) in [6, 6.07) is 22.3. The Balaban J connectivity index is 1.53. The van der Waals surface area contributed by atoms with Crippen molar-refractivity contribution >= 4 is 11.9 Å². The lowest BCUT2D eigenvalue weighted by molar-refractivity contribution is 0.373. The Bertz CT molecular complexity index is 1100. The Kier molecular flexibility index (Phi) is 4.84. The molecule has 0 aliphatic rings. The second-order valence-corrected chi connectivity index (χ2v) is 5.98. The molecule has 0 aliphatic carbocycles. The Morgan fingerprint density at radius 1 is 0.857 bits per heavy atom. The van der Waals surface area contributed by atoms with Gasteiger partial charge in [0, 0.05) is 22.9 Å². The van der Waals surface area contributed by atoms with E-state index in [1.807, 2.05) is 54.6 Å². The van der Waals surface area contributed by atoms with Crippen LogP contribution in [-0.4, -0.2) is 28.6 Å². The number of aliphatic imine (C=N–C) groups is 1. The van der Waals surface area contributed by atoms with Crippen molar-refractivity contribution in [3.8, 4) is 34.4 Å². The Morgan fingerprint density at radius 2 is 1.54 bits per heavy atom. The van der Waals surface area contributed by atoms with Gasteiger partial charge in [-0.2, -0.15) is 0 Å². The second-order valence-electron chi connectivity index (χ2n) is 5.98. The van der Waals surface area contributed by atoms with E-state index >= 15 is 0 Å². The van der Waals surface area contributed by atoms with E-state index in [1.165, 1.54) is 7.11 Å². The molecule has 6 nitrogen and oxygen atoms in total. The first-order chi connectivity index (χ1) is 13.7. The van der Waals surface area contributed by atoms with E-state index in [0.29, 0.717) is 23.1 Å². The van der Waals surface area contributed by atoms with Crippen LogP contribution in [0.25, 0.3) is 22.9 Å². The molecule has 4 aromatic rings. The van der Waals surface area contributed by atoms with Crippen LogP contribution < -0.4 is 4.74 Å². The van der Waals surface area contributed by atoms with Crippen molar-refractivity contribution in [2.75, 3.05) is 7.11 Å². The van der Waals surface area contributed by atoms with E-state index in [1.54, 1.807) is 24.4 Å². The first-order valence-corrected chi connectivity index (χ1v) is 8.64. The van der Waals surface area contributed by atoms with E-state index in [0.717, 1.165) is 16.8 Å². The molecule has 0 aliphatic heterocycles. The summed E-state index contributed by atoms with van der Waals surface area (Å²) in [6.45, 7) is 0. The summed E-state index contributed by atoms with van der Waals surface area (Å²) >= 11 is 0. The van der Waals surface area contributed by atoms with Crippen LogP contribution in [0.2, 0.25) is 0 Å². The smallest absolute Gasteiger partial charge is 0.248 e. The number of rotatable bonds is 5. The van der Waals surface area contributed by atoms with Crippen LogP contribution >= 0.6 is 0 Å². The third-order valence-corrected chi connectivity index (χ3v) is 4.16. The molecule has 0 fully saturated rings. The SMILES string of the molecule is COc1cccc(C=Nc2ccc(-c3nnc(-c4ccccc4)o3)cc2)c1O. The molecule has 0 saturated heterocycles. The van der Waals surface area contributed by atoms with E-state index in [2.05, 4.69) is 15.2 Å². The minimum atomic E-state index is 0.0599. The molecular formula is C22H17N3O3. The second kappa shape index (κ2) is 7.75. The van der Waals surface area contributed by atoms with Crippen molar-refractivity contribution in [1.82, 2.24) is 10.2 Å². The largest absolute Gasteiger partial charge is 0.504 e. The van der Waals surface area contributed by atoms with Crippen LogP contribution in [0, 0.1) is 0 Å². The van der Waals surface area contributed by atoms with Gasteiger partial charge in [0.15, 0.2) is 11.5 Å². The van der Waals surface area contributed by atoms with E-state index in [9.17, 15) is 5.11 Å². The van der Waals surface area contributed by atoms with Gasteiger partial charge in [-0.3, -0.25) is 4.99 Å². The minimum Gasteiger partial charge on any atom is -0.504 e. The zero-order valence-electron chi connectivity index (χ0n) is 15.1. The van der Waals surface area contributed by atoms with Gasteiger partial charge in [0.1, 0.15) is 0 Å². The number of benzene rings is 3. The Morgan fingerprint density at radius 3 is 2.21 bits per heavy atom. The lowest BCUT2D eigenvalue weighted by Crippen LogP contribution is -1.88. The summed E-state index contributed by atoms with van der Waals surface area (Å²) in [6.07, 6.45) is 1.59. The number of para-hydroxylation sites is 1. The van der Waals surface area contributed by atoms with Crippen LogP contribution in [0.4, 0.5) is 5.69 Å². The zero-order valence-corrected chi connectivity index (χ0v) is 15.1. The molecule has 4 rings (SSSR count). The molecular weight excluding hydrogens is 354 g/mol. The topological polar surface area (TPSA) is 80.7 Å². The predicted octanol–water partition coefficient (Wildman–Crippen LogP) is 4.87. The van der Waals surface area contributed by atoms with Gasteiger partial charge in [0.2, 0.25) is 11.8 Å². The highest BCUT2D eigenvalue weighted by atomic mass is 16.5. The molecule has 0 atom stereocenters. The highest BCUT2D eigenvalue weighted by Gasteiger charge is 2.10. The van der Waals surface area contributed by atoms with Gasteiger partial charge in [-0.05, 0) is 48.5 Å². The van der Waals surface area contributed by atoms with Gasteiger partial charge >= 0.3 is 0 Å². The van der Waals surface area contributed by atoms with Crippen LogP contribution in [-0.2, 0) is 0 Å². The highest BCUT2D eigenvalue weighted by Crippen LogP contribution is 2.29. The molecule has 1 aromatic heterocycles. The molecule has 0 bridgehead atoms. The van der Waals surface area contributed by atoms with Crippen molar-refractivity contribution in [2.45, 2.75) is 0 Å². The molecule has 3 aromatic carbocycles. The molecule has 0 saturated carbocycles. The first-order valence-electron chi connectivity index (χ1n) is 8.64. The number of phenols is 1. The third kappa shape index (κ3) is 3.61. The summed E-state index contributed by atoms with van der Waals surface area (Å²) in [5, 5.41) is 18.3. The molecule has 138 valence electrons. The van der Waals surface area contributed by atoms with E-state index in [4.69, 9.17) is 9.15 Å². The van der Waals surface area contributed by atoms with Crippen molar-refractivity contribution in [3.05, 3.63) is 78.4 Å². The number of aromatic hydroxyl groups is 1. The lowest BCUT2D eigenvalue weighted by atomic mass is 10.2. The van der Waals surface area contributed by atoms with Crippen LogP contribution in [0.15, 0.2) is 82.2 Å². The van der Waals surface area contributed by atoms with Gasteiger partial charge in [0.25, 0.3) is 0 Å². The zero-order chi connectivity index (χ0) is 19.3. The Hall–Kier alpha value is -3.93. The number of nitrogens with zero attached hydrogens (tertiary/aromatic N) is 3. The minimum absolute atomic E-state index is 0.0599. The average Bonchev–Trinajstić information content (AvgIpc) is 3.24. The van der Waals surface area contributed by atoms with Crippen molar-refractivity contribution in [1.29, 1.82) is 0 Å². The fourth-order valence-corrected chi connectivity index (χ4v) is 2.68. The molecule has 1 heterocycles. The molecule has 28 heavy (non-hydrogen) atoms. The van der Waals surface area contributed by atoms with Gasteiger partial charge < -0.3 is 14.3 Å². The van der Waals surface area contributed by atoms with Gasteiger partial charge in [-0.25, -0.2) is 0 Å². The molecule has 1 N–H and O–H groups in total. The summed E-state index contributed by atoms with van der Waals surface area (Å²) in [5.74, 6) is 1.39. The number of methoxy groups -OCH3 is 1. The van der Waals surface area contributed by atoms with Gasteiger partial charge in [-0.1, -0.05) is 24.3 Å². The van der Waals surface area contributed by atoms with Crippen LogP contribution in [0.3, 0.4) is 0 Å². The maximum absolute atomic E-state index is 10.1. The number of ether oxygens (including phenoxy) is 1. The summed E-state index contributed by atoms with van der Waals surface area (Å²) in [4.78, 5) is 4.39. The molecule has 0 spiro atoms.